The summed E-state index contributed by atoms with van der Waals surface area (Å²) in [6, 6.07) is 0. The fourth-order valence-electron chi connectivity index (χ4n) is 2.46. The van der Waals surface area contributed by atoms with Gasteiger partial charge in [0.05, 0.1) is 0 Å². The molecule has 4 heteroatoms. The Kier molecular flexibility index (Phi) is 15.5. The van der Waals surface area contributed by atoms with Gasteiger partial charge in [0.15, 0.2) is 5.78 Å². The summed E-state index contributed by atoms with van der Waals surface area (Å²) in [4.78, 5) is 21.5. The van der Waals surface area contributed by atoms with Crippen LogP contribution in [0.1, 0.15) is 84.0 Å². The topological polar surface area (TPSA) is 74.6 Å². The zero-order valence-corrected chi connectivity index (χ0v) is 15.1. The molecular weight excluding hydrogens is 304 g/mol. The Balaban J connectivity index is 3.41. The Labute approximate surface area is 146 Å². The van der Waals surface area contributed by atoms with Crippen molar-refractivity contribution in [2.45, 2.75) is 90.1 Å². The summed E-state index contributed by atoms with van der Waals surface area (Å²) in [6.45, 7) is 2.24. The second kappa shape index (κ2) is 16.4. The van der Waals surface area contributed by atoms with E-state index in [9.17, 15) is 9.59 Å². The number of hydrogen-bond donors (Lipinski definition) is 2. The highest BCUT2D eigenvalue weighted by Gasteiger charge is 2.19. The van der Waals surface area contributed by atoms with Crippen molar-refractivity contribution in [1.82, 2.24) is 0 Å². The number of aliphatic hydroxyl groups excluding tert-OH is 1. The minimum Gasteiger partial charge on any atom is -0.479 e. The van der Waals surface area contributed by atoms with Gasteiger partial charge in [-0.05, 0) is 18.9 Å². The number of hydrogen-bond acceptors (Lipinski definition) is 3. The monoisotopic (exact) mass is 338 g/mol. The van der Waals surface area contributed by atoms with Crippen molar-refractivity contribution in [3.63, 3.8) is 0 Å². The molecule has 2 N–H and O–H groups in total. The molecule has 1 atom stereocenters. The van der Waals surface area contributed by atoms with Gasteiger partial charge in [0.2, 0.25) is 6.10 Å². The summed E-state index contributed by atoms with van der Waals surface area (Å²) in [5, 5.41) is 17.4. The average molecular weight is 338 g/mol. The molecule has 4 nitrogen and oxygen atoms in total. The molecule has 0 radical (unpaired) electrons. The number of aliphatic hydroxyl groups is 1. The first-order valence-electron chi connectivity index (χ1n) is 9.37. The molecule has 0 aliphatic heterocycles. The summed E-state index contributed by atoms with van der Waals surface area (Å²) in [7, 11) is 0. The van der Waals surface area contributed by atoms with Crippen LogP contribution in [-0.4, -0.2) is 28.1 Å². The van der Waals surface area contributed by atoms with Gasteiger partial charge in [-0.3, -0.25) is 4.79 Å². The predicted octanol–water partition coefficient (Wildman–Crippen LogP) is 4.81. The average Bonchev–Trinajstić information content (AvgIpc) is 2.57. The number of aliphatic carboxylic acids is 1. The number of unbranched alkanes of at least 4 members (excludes halogenated alkanes) is 11. The lowest BCUT2D eigenvalue weighted by atomic mass is 10.1. The van der Waals surface area contributed by atoms with Crippen LogP contribution in [0.3, 0.4) is 0 Å². The van der Waals surface area contributed by atoms with E-state index in [0.717, 1.165) is 18.9 Å². The molecule has 0 rings (SSSR count). The smallest absolute Gasteiger partial charge is 0.340 e. The van der Waals surface area contributed by atoms with Crippen molar-refractivity contribution in [3.05, 3.63) is 24.3 Å². The van der Waals surface area contributed by atoms with Gasteiger partial charge >= 0.3 is 5.97 Å². The number of carboxylic acids is 1. The van der Waals surface area contributed by atoms with E-state index in [1.54, 1.807) is 6.08 Å². The maximum atomic E-state index is 11.2. The van der Waals surface area contributed by atoms with Crippen LogP contribution in [0.4, 0.5) is 0 Å². The molecule has 0 spiro atoms. The van der Waals surface area contributed by atoms with Crippen LogP contribution in [-0.2, 0) is 9.59 Å². The van der Waals surface area contributed by atoms with E-state index in [4.69, 9.17) is 10.2 Å². The third kappa shape index (κ3) is 14.2. The van der Waals surface area contributed by atoms with Crippen molar-refractivity contribution in [2.75, 3.05) is 0 Å². The molecule has 0 aromatic heterocycles. The van der Waals surface area contributed by atoms with E-state index in [0.29, 0.717) is 0 Å². The van der Waals surface area contributed by atoms with Gasteiger partial charge in [-0.25, -0.2) is 4.79 Å². The van der Waals surface area contributed by atoms with Crippen molar-refractivity contribution >= 4 is 11.8 Å². The Morgan fingerprint density at radius 2 is 1.33 bits per heavy atom. The zero-order chi connectivity index (χ0) is 18.0. The molecular formula is C20H34O4. The van der Waals surface area contributed by atoms with Gasteiger partial charge in [0, 0.05) is 0 Å². The largest absolute Gasteiger partial charge is 0.479 e. The van der Waals surface area contributed by atoms with E-state index in [1.165, 1.54) is 70.3 Å². The Hall–Kier alpha value is -1.42. The molecule has 0 amide bonds. The van der Waals surface area contributed by atoms with Crippen molar-refractivity contribution in [3.8, 4) is 0 Å². The van der Waals surface area contributed by atoms with Gasteiger partial charge in [-0.1, -0.05) is 89.4 Å². The summed E-state index contributed by atoms with van der Waals surface area (Å²) in [5.74, 6) is -2.32. The maximum absolute atomic E-state index is 11.2. The summed E-state index contributed by atoms with van der Waals surface area (Å²) < 4.78 is 0. The molecule has 1 unspecified atom stereocenters. The molecule has 0 bridgehead atoms. The summed E-state index contributed by atoms with van der Waals surface area (Å²) >= 11 is 0. The Morgan fingerprint density at radius 3 is 1.83 bits per heavy atom. The summed E-state index contributed by atoms with van der Waals surface area (Å²) in [5.41, 5.74) is 0. The Morgan fingerprint density at radius 1 is 0.833 bits per heavy atom. The minimum absolute atomic E-state index is 0.804. The molecule has 0 fully saturated rings. The second-order valence-corrected chi connectivity index (χ2v) is 6.25. The Bertz CT molecular complexity index is 385. The lowest BCUT2D eigenvalue weighted by Gasteiger charge is -2.01. The second-order valence-electron chi connectivity index (χ2n) is 6.25. The fraction of sp³-hybridized carbons (Fsp3) is 0.700. The van der Waals surface area contributed by atoms with Gasteiger partial charge < -0.3 is 10.2 Å². The van der Waals surface area contributed by atoms with E-state index < -0.39 is 17.9 Å². The normalized spacial score (nSPS) is 12.9. The van der Waals surface area contributed by atoms with E-state index in [-0.39, 0.29) is 0 Å². The van der Waals surface area contributed by atoms with E-state index in [2.05, 4.69) is 6.92 Å². The number of ketones is 1. The first kappa shape index (κ1) is 22.6. The predicted molar refractivity (Wildman–Crippen MR) is 98.0 cm³/mol. The number of carboxylic acid groups (broad SMARTS) is 1. The number of carbonyl (C=O) groups excluding carboxylic acids is 1. The van der Waals surface area contributed by atoms with Crippen molar-refractivity contribution in [1.29, 1.82) is 0 Å². The van der Waals surface area contributed by atoms with Gasteiger partial charge in [-0.15, -0.1) is 0 Å². The number of carbonyl (C=O) groups is 2. The molecule has 0 saturated carbocycles. The highest BCUT2D eigenvalue weighted by atomic mass is 16.4. The number of rotatable bonds is 16. The third-order valence-corrected chi connectivity index (χ3v) is 3.99. The lowest BCUT2D eigenvalue weighted by molar-refractivity contribution is -0.150. The molecule has 138 valence electrons. The van der Waals surface area contributed by atoms with Crippen molar-refractivity contribution < 1.29 is 19.8 Å². The molecule has 0 heterocycles. The molecule has 0 aliphatic carbocycles. The standard InChI is InChI=1S/C20H34O4/c1-2-3-4-5-6-7-8-9-10-11-12-13-14-15-16-17-18(21)19(22)20(23)24/h14-17,19,22H,2-13H2,1H3,(H,23,24). The fourth-order valence-corrected chi connectivity index (χ4v) is 2.46. The van der Waals surface area contributed by atoms with Gasteiger partial charge in [-0.2, -0.15) is 0 Å². The highest BCUT2D eigenvalue weighted by Crippen LogP contribution is 2.11. The molecule has 0 aromatic rings. The lowest BCUT2D eigenvalue weighted by Crippen LogP contribution is -2.27. The molecule has 0 saturated heterocycles. The van der Waals surface area contributed by atoms with Crippen LogP contribution < -0.4 is 0 Å². The third-order valence-electron chi connectivity index (χ3n) is 3.99. The first-order chi connectivity index (χ1) is 11.6. The van der Waals surface area contributed by atoms with Crippen molar-refractivity contribution in [2.24, 2.45) is 0 Å². The van der Waals surface area contributed by atoms with Gasteiger partial charge in [0.1, 0.15) is 0 Å². The molecule has 24 heavy (non-hydrogen) atoms. The first-order valence-corrected chi connectivity index (χ1v) is 9.37. The minimum atomic E-state index is -1.96. The SMILES string of the molecule is CCCCCCCCCCCCCC=CC=CC(=O)C(O)C(=O)O. The van der Waals surface area contributed by atoms with E-state index >= 15 is 0 Å². The highest BCUT2D eigenvalue weighted by molar-refractivity contribution is 6.06. The van der Waals surface area contributed by atoms with Crippen LogP contribution in [0, 0.1) is 0 Å². The van der Waals surface area contributed by atoms with Crippen LogP contribution in [0.15, 0.2) is 24.3 Å². The molecule has 0 aromatic carbocycles. The van der Waals surface area contributed by atoms with E-state index in [1.807, 2.05) is 6.08 Å². The quantitative estimate of drug-likeness (QED) is 0.183. The van der Waals surface area contributed by atoms with Crippen LogP contribution in [0.25, 0.3) is 0 Å². The zero-order valence-electron chi connectivity index (χ0n) is 15.1. The van der Waals surface area contributed by atoms with Crippen LogP contribution in [0.2, 0.25) is 0 Å². The van der Waals surface area contributed by atoms with Crippen LogP contribution in [0.5, 0.6) is 0 Å². The summed E-state index contributed by atoms with van der Waals surface area (Å²) in [6.07, 6.45) is 19.8. The molecule has 0 aliphatic rings. The number of allylic oxidation sites excluding steroid dienone is 3. The van der Waals surface area contributed by atoms with Gasteiger partial charge in [0.25, 0.3) is 0 Å². The maximum Gasteiger partial charge on any atom is 0.340 e. The van der Waals surface area contributed by atoms with Crippen LogP contribution >= 0.6 is 0 Å².